The van der Waals surface area contributed by atoms with Crippen molar-refractivity contribution < 1.29 is 4.74 Å². The molecule has 2 heterocycles. The van der Waals surface area contributed by atoms with Crippen LogP contribution in [0.5, 0.6) is 5.75 Å². The summed E-state index contributed by atoms with van der Waals surface area (Å²) >= 11 is 0. The van der Waals surface area contributed by atoms with Crippen LogP contribution in [0.1, 0.15) is 29.8 Å². The highest BCUT2D eigenvalue weighted by Crippen LogP contribution is 2.35. The number of benzene rings is 1. The maximum Gasteiger partial charge on any atom is 0.222 e. The highest BCUT2D eigenvalue weighted by Gasteiger charge is 2.30. The van der Waals surface area contributed by atoms with Gasteiger partial charge in [0.2, 0.25) is 5.95 Å². The highest BCUT2D eigenvalue weighted by molar-refractivity contribution is 5.48. The molecule has 0 radical (unpaired) electrons. The van der Waals surface area contributed by atoms with Gasteiger partial charge in [0.05, 0.1) is 18.8 Å². The lowest BCUT2D eigenvalue weighted by Gasteiger charge is -2.21. The molecule has 6 nitrogen and oxygen atoms in total. The number of aromatic nitrogens is 2. The fraction of sp³-hybridized carbons (Fsp3) is 0.333. The lowest BCUT2D eigenvalue weighted by Crippen LogP contribution is -2.19. The monoisotopic (exact) mass is 285 g/mol. The lowest BCUT2D eigenvalue weighted by atomic mass is 10.1. The second-order valence-corrected chi connectivity index (χ2v) is 5.26. The molecular weight excluding hydrogens is 266 g/mol. The van der Waals surface area contributed by atoms with Gasteiger partial charge >= 0.3 is 0 Å². The normalized spacial score (nSPS) is 17.7. The molecule has 0 bridgehead atoms. The first-order valence-corrected chi connectivity index (χ1v) is 6.87. The van der Waals surface area contributed by atoms with E-state index in [9.17, 15) is 0 Å². The maximum atomic E-state index is 5.95. The van der Waals surface area contributed by atoms with E-state index in [4.69, 9.17) is 16.2 Å². The van der Waals surface area contributed by atoms with Crippen LogP contribution < -0.4 is 16.2 Å². The maximum absolute atomic E-state index is 5.95. The van der Waals surface area contributed by atoms with Crippen LogP contribution >= 0.6 is 0 Å². The Morgan fingerprint density at radius 1 is 1.24 bits per heavy atom. The largest absolute Gasteiger partial charge is 0.497 e. The molecule has 0 saturated heterocycles. The molecule has 1 aliphatic rings. The van der Waals surface area contributed by atoms with Crippen molar-refractivity contribution in [2.75, 3.05) is 18.6 Å². The molecule has 0 amide bonds. The van der Waals surface area contributed by atoms with Crippen molar-refractivity contribution in [3.8, 4) is 5.75 Å². The van der Waals surface area contributed by atoms with Crippen LogP contribution in [0.3, 0.4) is 0 Å². The van der Waals surface area contributed by atoms with Gasteiger partial charge in [-0.15, -0.1) is 0 Å². The summed E-state index contributed by atoms with van der Waals surface area (Å²) < 4.78 is 5.18. The van der Waals surface area contributed by atoms with E-state index in [1.54, 1.807) is 7.11 Å². The molecule has 2 aromatic rings. The van der Waals surface area contributed by atoms with E-state index in [2.05, 4.69) is 33.9 Å². The summed E-state index contributed by atoms with van der Waals surface area (Å²) in [5, 5.41) is 0. The van der Waals surface area contributed by atoms with Crippen LogP contribution in [0.25, 0.3) is 0 Å². The third-order valence-corrected chi connectivity index (χ3v) is 3.94. The van der Waals surface area contributed by atoms with E-state index in [0.29, 0.717) is 5.82 Å². The molecular formula is C15H19N5O. The highest BCUT2D eigenvalue weighted by atomic mass is 16.5. The van der Waals surface area contributed by atoms with Crippen LogP contribution in [-0.4, -0.2) is 22.0 Å². The van der Waals surface area contributed by atoms with E-state index in [-0.39, 0.29) is 12.0 Å². The summed E-state index contributed by atoms with van der Waals surface area (Å²) in [6.07, 6.45) is 0. The third kappa shape index (κ3) is 2.50. The van der Waals surface area contributed by atoms with Crippen molar-refractivity contribution in [2.24, 2.45) is 0 Å². The predicted octanol–water partition coefficient (Wildman–Crippen LogP) is 1.73. The molecule has 3 rings (SSSR count). The summed E-state index contributed by atoms with van der Waals surface area (Å²) in [6, 6.07) is 8.25. The number of nitrogen functional groups attached to an aromatic ring is 2. The van der Waals surface area contributed by atoms with Crippen LogP contribution in [0, 0.1) is 0 Å². The minimum atomic E-state index is 0.176. The predicted molar refractivity (Wildman–Crippen MR) is 81.5 cm³/mol. The molecule has 1 atom stereocenters. The van der Waals surface area contributed by atoms with Crippen molar-refractivity contribution in [2.45, 2.75) is 26.1 Å². The Labute approximate surface area is 123 Å². The smallest absolute Gasteiger partial charge is 0.222 e. The molecule has 1 aromatic heterocycles. The molecule has 0 fully saturated rings. The van der Waals surface area contributed by atoms with Gasteiger partial charge in [-0.25, -0.2) is 4.98 Å². The number of hydrogen-bond acceptors (Lipinski definition) is 6. The topological polar surface area (TPSA) is 90.3 Å². The van der Waals surface area contributed by atoms with Gasteiger partial charge in [-0.2, -0.15) is 4.98 Å². The summed E-state index contributed by atoms with van der Waals surface area (Å²) in [6.45, 7) is 3.68. The summed E-state index contributed by atoms with van der Waals surface area (Å²) in [7, 11) is 1.67. The van der Waals surface area contributed by atoms with Gasteiger partial charge in [-0.3, -0.25) is 4.90 Å². The average molecular weight is 285 g/mol. The molecule has 0 spiro atoms. The number of methoxy groups -OCH3 is 1. The molecule has 1 aromatic carbocycles. The van der Waals surface area contributed by atoms with Crippen molar-refractivity contribution in [3.63, 3.8) is 0 Å². The first-order valence-electron chi connectivity index (χ1n) is 6.87. The van der Waals surface area contributed by atoms with Gasteiger partial charge in [0.15, 0.2) is 0 Å². The second-order valence-electron chi connectivity index (χ2n) is 5.26. The molecule has 21 heavy (non-hydrogen) atoms. The average Bonchev–Trinajstić information content (AvgIpc) is 2.78. The van der Waals surface area contributed by atoms with E-state index < -0.39 is 0 Å². The summed E-state index contributed by atoms with van der Waals surface area (Å²) in [5.74, 6) is 1.59. The Kier molecular flexibility index (Phi) is 3.39. The van der Waals surface area contributed by atoms with Crippen molar-refractivity contribution in [1.29, 1.82) is 0 Å². The van der Waals surface area contributed by atoms with E-state index in [1.165, 1.54) is 5.56 Å². The molecule has 6 heteroatoms. The van der Waals surface area contributed by atoms with E-state index in [0.717, 1.165) is 30.1 Å². The Morgan fingerprint density at radius 2 is 1.95 bits per heavy atom. The van der Waals surface area contributed by atoms with Gasteiger partial charge in [-0.1, -0.05) is 12.1 Å². The van der Waals surface area contributed by atoms with E-state index >= 15 is 0 Å². The minimum absolute atomic E-state index is 0.176. The SMILES string of the molecule is COc1ccc(CN2Cc3c(N)nc(N)nc3C2C)cc1. The summed E-state index contributed by atoms with van der Waals surface area (Å²) in [4.78, 5) is 10.7. The van der Waals surface area contributed by atoms with Gasteiger partial charge in [0, 0.05) is 18.7 Å². The van der Waals surface area contributed by atoms with Crippen molar-refractivity contribution >= 4 is 11.8 Å². The first-order chi connectivity index (χ1) is 10.1. The molecule has 0 aliphatic carbocycles. The van der Waals surface area contributed by atoms with Crippen molar-refractivity contribution in [3.05, 3.63) is 41.1 Å². The number of nitrogens with zero attached hydrogens (tertiary/aromatic N) is 3. The Balaban J connectivity index is 1.81. The zero-order valence-electron chi connectivity index (χ0n) is 12.2. The first kappa shape index (κ1) is 13.6. The molecule has 1 aliphatic heterocycles. The van der Waals surface area contributed by atoms with Crippen LogP contribution in [0.2, 0.25) is 0 Å². The number of rotatable bonds is 3. The molecule has 1 unspecified atom stereocenters. The molecule has 110 valence electrons. The van der Waals surface area contributed by atoms with Gasteiger partial charge in [-0.05, 0) is 24.6 Å². The lowest BCUT2D eigenvalue weighted by molar-refractivity contribution is 0.218. The fourth-order valence-electron chi connectivity index (χ4n) is 2.72. The Morgan fingerprint density at radius 3 is 2.62 bits per heavy atom. The zero-order valence-corrected chi connectivity index (χ0v) is 12.2. The van der Waals surface area contributed by atoms with Gasteiger partial charge in [0.25, 0.3) is 0 Å². The zero-order chi connectivity index (χ0) is 15.0. The molecule has 4 N–H and O–H groups in total. The summed E-state index contributed by atoms with van der Waals surface area (Å²) in [5.41, 5.74) is 14.8. The number of nitrogens with two attached hydrogens (primary N) is 2. The van der Waals surface area contributed by atoms with Gasteiger partial charge < -0.3 is 16.2 Å². The van der Waals surface area contributed by atoms with Gasteiger partial charge in [0.1, 0.15) is 11.6 Å². The minimum Gasteiger partial charge on any atom is -0.497 e. The number of fused-ring (bicyclic) bond motifs is 1. The van der Waals surface area contributed by atoms with Crippen LogP contribution in [0.15, 0.2) is 24.3 Å². The Hall–Kier alpha value is -2.34. The number of anilines is 2. The van der Waals surface area contributed by atoms with E-state index in [1.807, 2.05) is 12.1 Å². The fourth-order valence-corrected chi connectivity index (χ4v) is 2.72. The number of hydrogen-bond donors (Lipinski definition) is 2. The molecule has 0 saturated carbocycles. The van der Waals surface area contributed by atoms with Crippen molar-refractivity contribution in [1.82, 2.24) is 14.9 Å². The second kappa shape index (κ2) is 5.21. The Bertz CT molecular complexity index is 656. The third-order valence-electron chi connectivity index (χ3n) is 3.94. The van der Waals surface area contributed by atoms with Crippen LogP contribution in [-0.2, 0) is 13.1 Å². The van der Waals surface area contributed by atoms with Crippen LogP contribution in [0.4, 0.5) is 11.8 Å². The standard InChI is InChI=1S/C15H19N5O/c1-9-13-12(14(16)19-15(17)18-13)8-20(9)7-10-3-5-11(21-2)6-4-10/h3-6,9H,7-8H2,1-2H3,(H4,16,17,18,19). The number of ether oxygens (including phenoxy) is 1. The quantitative estimate of drug-likeness (QED) is 0.892.